The molecule has 1 amide bonds. The second kappa shape index (κ2) is 9.58. The van der Waals surface area contributed by atoms with Crippen molar-refractivity contribution in [1.82, 2.24) is 5.32 Å². The van der Waals surface area contributed by atoms with Gasteiger partial charge in [0, 0.05) is 14.8 Å². The molecule has 2 N–H and O–H groups in total. The molecule has 0 saturated carbocycles. The molecule has 2 rings (SSSR count). The lowest BCUT2D eigenvalue weighted by molar-refractivity contribution is 0.0977. The van der Waals surface area contributed by atoms with E-state index in [1.807, 2.05) is 24.3 Å². The van der Waals surface area contributed by atoms with Crippen molar-refractivity contribution in [2.24, 2.45) is 0 Å². The van der Waals surface area contributed by atoms with E-state index < -0.39 is 0 Å². The highest BCUT2D eigenvalue weighted by atomic mass is 127. The smallest absolute Gasteiger partial charge is 0.257 e. The number of halogens is 1. The van der Waals surface area contributed by atoms with Crippen LogP contribution in [-0.4, -0.2) is 17.6 Å². The van der Waals surface area contributed by atoms with E-state index in [4.69, 9.17) is 17.0 Å². The van der Waals surface area contributed by atoms with Crippen molar-refractivity contribution < 1.29 is 9.53 Å². The van der Waals surface area contributed by atoms with Gasteiger partial charge in [-0.05, 0) is 89.8 Å². The van der Waals surface area contributed by atoms with Gasteiger partial charge in [-0.25, -0.2) is 0 Å². The van der Waals surface area contributed by atoms with Gasteiger partial charge in [-0.2, -0.15) is 0 Å². The van der Waals surface area contributed by atoms with Crippen LogP contribution < -0.4 is 15.4 Å². The summed E-state index contributed by atoms with van der Waals surface area (Å²) in [6.45, 7) is 2.80. The van der Waals surface area contributed by atoms with Crippen molar-refractivity contribution in [3.05, 3.63) is 57.7 Å². The van der Waals surface area contributed by atoms with Gasteiger partial charge in [-0.1, -0.05) is 13.3 Å². The summed E-state index contributed by atoms with van der Waals surface area (Å²) >= 11 is 7.40. The molecule has 0 aromatic heterocycles. The largest absolute Gasteiger partial charge is 0.494 e. The fourth-order valence-corrected chi connectivity index (χ4v) is 2.48. The molecule has 0 bridgehead atoms. The Hall–Kier alpha value is -1.67. The Morgan fingerprint density at radius 3 is 2.42 bits per heavy atom. The number of ether oxygens (including phenoxy) is 1. The normalized spacial score (nSPS) is 10.1. The number of amides is 1. The van der Waals surface area contributed by atoms with E-state index in [0.717, 1.165) is 27.8 Å². The molecule has 0 aliphatic heterocycles. The minimum absolute atomic E-state index is 0.252. The summed E-state index contributed by atoms with van der Waals surface area (Å²) < 4.78 is 6.71. The number of rotatable bonds is 6. The van der Waals surface area contributed by atoms with E-state index in [0.29, 0.717) is 12.2 Å². The van der Waals surface area contributed by atoms with Crippen molar-refractivity contribution in [1.29, 1.82) is 0 Å². The quantitative estimate of drug-likeness (QED) is 0.381. The standard InChI is InChI=1S/C18H19IN2O2S/c1-2-3-12-23-16-10-4-13(5-11-16)17(22)21-18(24)20-15-8-6-14(19)7-9-15/h4-11H,2-3,12H2,1H3,(H2,20,21,22,24). The molecule has 0 aliphatic carbocycles. The highest BCUT2D eigenvalue weighted by molar-refractivity contribution is 14.1. The molecule has 0 saturated heterocycles. The van der Waals surface area contributed by atoms with Gasteiger partial charge in [-0.3, -0.25) is 10.1 Å². The Labute approximate surface area is 161 Å². The molecule has 0 unspecified atom stereocenters. The van der Waals surface area contributed by atoms with E-state index in [1.165, 1.54) is 0 Å². The molecule has 2 aromatic carbocycles. The zero-order chi connectivity index (χ0) is 17.4. The first-order chi connectivity index (χ1) is 11.6. The molecule has 0 fully saturated rings. The summed E-state index contributed by atoms with van der Waals surface area (Å²) in [7, 11) is 0. The number of benzene rings is 2. The highest BCUT2D eigenvalue weighted by Gasteiger charge is 2.08. The van der Waals surface area contributed by atoms with Gasteiger partial charge in [0.1, 0.15) is 5.75 Å². The SMILES string of the molecule is CCCCOc1ccc(C(=O)NC(=S)Nc2ccc(I)cc2)cc1. The summed E-state index contributed by atoms with van der Waals surface area (Å²) in [5, 5.41) is 5.92. The molecule has 126 valence electrons. The number of nitrogens with one attached hydrogen (secondary N) is 2. The van der Waals surface area contributed by atoms with Gasteiger partial charge in [-0.15, -0.1) is 0 Å². The van der Waals surface area contributed by atoms with Crippen LogP contribution in [0, 0.1) is 3.57 Å². The van der Waals surface area contributed by atoms with E-state index in [2.05, 4.69) is 40.1 Å². The number of carbonyl (C=O) groups is 1. The minimum Gasteiger partial charge on any atom is -0.494 e. The molecule has 4 nitrogen and oxygen atoms in total. The Morgan fingerprint density at radius 1 is 1.12 bits per heavy atom. The molecule has 0 spiro atoms. The average molecular weight is 454 g/mol. The Bertz CT molecular complexity index is 687. The minimum atomic E-state index is -0.252. The maximum Gasteiger partial charge on any atom is 0.257 e. The van der Waals surface area contributed by atoms with Crippen molar-refractivity contribution in [3.63, 3.8) is 0 Å². The van der Waals surface area contributed by atoms with E-state index >= 15 is 0 Å². The molecule has 6 heteroatoms. The third kappa shape index (κ3) is 6.09. The lowest BCUT2D eigenvalue weighted by Gasteiger charge is -2.10. The molecule has 0 radical (unpaired) electrons. The summed E-state index contributed by atoms with van der Waals surface area (Å²) in [6, 6.07) is 14.8. The van der Waals surface area contributed by atoms with Gasteiger partial charge < -0.3 is 10.1 Å². The molecule has 2 aromatic rings. The molecular weight excluding hydrogens is 435 g/mol. The fraction of sp³-hybridized carbons (Fsp3) is 0.222. The van der Waals surface area contributed by atoms with Crippen molar-refractivity contribution >= 4 is 51.5 Å². The number of anilines is 1. The lowest BCUT2D eigenvalue weighted by atomic mass is 10.2. The second-order valence-corrected chi connectivity index (χ2v) is 6.80. The third-order valence-electron chi connectivity index (χ3n) is 3.21. The number of hydrogen-bond acceptors (Lipinski definition) is 3. The van der Waals surface area contributed by atoms with Crippen LogP contribution >= 0.6 is 34.8 Å². The summed E-state index contributed by atoms with van der Waals surface area (Å²) in [4.78, 5) is 12.2. The number of unbranched alkanes of at least 4 members (excludes halogenated alkanes) is 1. The lowest BCUT2D eigenvalue weighted by Crippen LogP contribution is -2.34. The Balaban J connectivity index is 1.86. The van der Waals surface area contributed by atoms with Crippen LogP contribution in [0.1, 0.15) is 30.1 Å². The first-order valence-electron chi connectivity index (χ1n) is 7.69. The average Bonchev–Trinajstić information content (AvgIpc) is 2.58. The predicted molar refractivity (Wildman–Crippen MR) is 110 cm³/mol. The van der Waals surface area contributed by atoms with E-state index in [9.17, 15) is 4.79 Å². The second-order valence-electron chi connectivity index (χ2n) is 5.14. The first kappa shape index (κ1) is 18.7. The molecule has 0 atom stereocenters. The molecule has 0 aliphatic rings. The summed E-state index contributed by atoms with van der Waals surface area (Å²) in [6.07, 6.45) is 2.10. The zero-order valence-electron chi connectivity index (χ0n) is 13.3. The third-order valence-corrected chi connectivity index (χ3v) is 4.14. The number of hydrogen-bond donors (Lipinski definition) is 2. The number of carbonyl (C=O) groups excluding carboxylic acids is 1. The van der Waals surface area contributed by atoms with Crippen molar-refractivity contribution in [2.75, 3.05) is 11.9 Å². The summed E-state index contributed by atoms with van der Waals surface area (Å²) in [5.41, 5.74) is 1.37. The molecule has 24 heavy (non-hydrogen) atoms. The van der Waals surface area contributed by atoms with Crippen molar-refractivity contribution in [2.45, 2.75) is 19.8 Å². The van der Waals surface area contributed by atoms with Crippen molar-refractivity contribution in [3.8, 4) is 5.75 Å². The van der Waals surface area contributed by atoms with Crippen LogP contribution in [-0.2, 0) is 0 Å². The van der Waals surface area contributed by atoms with Crippen LogP contribution in [0.15, 0.2) is 48.5 Å². The zero-order valence-corrected chi connectivity index (χ0v) is 16.3. The van der Waals surface area contributed by atoms with Crippen LogP contribution in [0.25, 0.3) is 0 Å². The van der Waals surface area contributed by atoms with Crippen LogP contribution in [0.4, 0.5) is 5.69 Å². The highest BCUT2D eigenvalue weighted by Crippen LogP contribution is 2.13. The monoisotopic (exact) mass is 454 g/mol. The first-order valence-corrected chi connectivity index (χ1v) is 9.18. The fourth-order valence-electron chi connectivity index (χ4n) is 1.91. The molecule has 0 heterocycles. The Kier molecular flexibility index (Phi) is 7.45. The predicted octanol–water partition coefficient (Wildman–Crippen LogP) is 4.60. The van der Waals surface area contributed by atoms with Crippen LogP contribution in [0.3, 0.4) is 0 Å². The van der Waals surface area contributed by atoms with Gasteiger partial charge in [0.2, 0.25) is 0 Å². The van der Waals surface area contributed by atoms with Crippen LogP contribution in [0.2, 0.25) is 0 Å². The summed E-state index contributed by atoms with van der Waals surface area (Å²) in [5.74, 6) is 0.512. The van der Waals surface area contributed by atoms with Gasteiger partial charge >= 0.3 is 0 Å². The maximum atomic E-state index is 12.2. The van der Waals surface area contributed by atoms with E-state index in [-0.39, 0.29) is 11.0 Å². The van der Waals surface area contributed by atoms with E-state index in [1.54, 1.807) is 24.3 Å². The van der Waals surface area contributed by atoms with Gasteiger partial charge in [0.05, 0.1) is 6.61 Å². The van der Waals surface area contributed by atoms with Crippen LogP contribution in [0.5, 0.6) is 5.75 Å². The van der Waals surface area contributed by atoms with Gasteiger partial charge in [0.25, 0.3) is 5.91 Å². The van der Waals surface area contributed by atoms with Gasteiger partial charge in [0.15, 0.2) is 5.11 Å². The Morgan fingerprint density at radius 2 is 1.79 bits per heavy atom. The number of thiocarbonyl (C=S) groups is 1. The maximum absolute atomic E-state index is 12.2. The topological polar surface area (TPSA) is 50.4 Å². The molecular formula is C18H19IN2O2S.